The number of ether oxygens (including phenoxy) is 1. The number of nitrogens with one attached hydrogen (secondary N) is 1. The number of aromatic amines is 1. The molecule has 1 aromatic rings. The minimum Gasteiger partial charge on any atom is -0.372 e. The highest BCUT2D eigenvalue weighted by atomic mass is 32.1. The van der Waals surface area contributed by atoms with Gasteiger partial charge in [-0.15, -0.1) is 0 Å². The van der Waals surface area contributed by atoms with Gasteiger partial charge in [0.15, 0.2) is 4.77 Å². The first-order valence-electron chi connectivity index (χ1n) is 5.11. The van der Waals surface area contributed by atoms with Crippen molar-refractivity contribution in [3.05, 3.63) is 10.6 Å². The van der Waals surface area contributed by atoms with Gasteiger partial charge in [-0.3, -0.25) is 5.10 Å². The number of hydrogen-bond donors (Lipinski definition) is 1. The largest absolute Gasteiger partial charge is 0.411 e. The zero-order chi connectivity index (χ0) is 13.1. The minimum absolute atomic E-state index is 0.0359. The fourth-order valence-electron chi connectivity index (χ4n) is 1.40. The van der Waals surface area contributed by atoms with Crippen LogP contribution in [0.4, 0.5) is 13.2 Å². The predicted molar refractivity (Wildman–Crippen MR) is 58.4 cm³/mol. The van der Waals surface area contributed by atoms with Crippen molar-refractivity contribution >= 4 is 12.2 Å². The lowest BCUT2D eigenvalue weighted by atomic mass is 10.3. The zero-order valence-electron chi connectivity index (χ0n) is 9.54. The van der Waals surface area contributed by atoms with Crippen LogP contribution in [0.1, 0.15) is 25.7 Å². The van der Waals surface area contributed by atoms with Crippen LogP contribution in [0.25, 0.3) is 0 Å². The number of H-pyrrole nitrogens is 1. The van der Waals surface area contributed by atoms with Crippen LogP contribution in [-0.2, 0) is 11.2 Å². The van der Waals surface area contributed by atoms with E-state index in [9.17, 15) is 13.2 Å². The van der Waals surface area contributed by atoms with Gasteiger partial charge in [0.25, 0.3) is 0 Å². The molecule has 1 aromatic heterocycles. The quantitative estimate of drug-likeness (QED) is 0.660. The van der Waals surface area contributed by atoms with E-state index in [1.165, 1.54) is 0 Å². The second-order valence-corrected chi connectivity index (χ2v) is 4.21. The lowest BCUT2D eigenvalue weighted by Crippen LogP contribution is -2.18. The van der Waals surface area contributed by atoms with Crippen molar-refractivity contribution < 1.29 is 17.9 Å². The Morgan fingerprint density at radius 3 is 2.65 bits per heavy atom. The van der Waals surface area contributed by atoms with Gasteiger partial charge in [0.05, 0.1) is 6.61 Å². The summed E-state index contributed by atoms with van der Waals surface area (Å²) in [5.74, 6) is 0.604. The van der Waals surface area contributed by atoms with E-state index >= 15 is 0 Å². The van der Waals surface area contributed by atoms with Gasteiger partial charge in [0.2, 0.25) is 0 Å². The molecular weight excluding hydrogens is 255 g/mol. The maximum atomic E-state index is 11.8. The smallest absolute Gasteiger partial charge is 0.372 e. The monoisotopic (exact) mass is 269 g/mol. The standard InChI is InChI=1S/C9H14F3N3OS/c1-6(2)15-7(13-14-8(15)17)3-4-16-5-9(10,11)12/h6H,3-5H2,1-2H3,(H,14,17). The molecule has 0 fully saturated rings. The summed E-state index contributed by atoms with van der Waals surface area (Å²) in [5.41, 5.74) is 0. The first-order valence-corrected chi connectivity index (χ1v) is 5.52. The van der Waals surface area contributed by atoms with Crippen molar-refractivity contribution in [3.8, 4) is 0 Å². The molecule has 1 rings (SSSR count). The second-order valence-electron chi connectivity index (χ2n) is 3.83. The van der Waals surface area contributed by atoms with Crippen molar-refractivity contribution in [1.29, 1.82) is 0 Å². The summed E-state index contributed by atoms with van der Waals surface area (Å²) in [6.07, 6.45) is -4.00. The van der Waals surface area contributed by atoms with Gasteiger partial charge in [0.1, 0.15) is 12.4 Å². The van der Waals surface area contributed by atoms with E-state index < -0.39 is 12.8 Å². The topological polar surface area (TPSA) is 42.8 Å². The summed E-state index contributed by atoms with van der Waals surface area (Å²) in [6.45, 7) is 2.57. The highest BCUT2D eigenvalue weighted by Gasteiger charge is 2.27. The lowest BCUT2D eigenvalue weighted by molar-refractivity contribution is -0.173. The summed E-state index contributed by atoms with van der Waals surface area (Å²) >= 11 is 5.01. The molecule has 0 amide bonds. The Bertz CT molecular complexity index is 410. The van der Waals surface area contributed by atoms with Crippen molar-refractivity contribution in [2.75, 3.05) is 13.2 Å². The van der Waals surface area contributed by atoms with Crippen molar-refractivity contribution in [2.24, 2.45) is 0 Å². The van der Waals surface area contributed by atoms with Crippen molar-refractivity contribution in [2.45, 2.75) is 32.5 Å². The van der Waals surface area contributed by atoms with Crippen molar-refractivity contribution in [3.63, 3.8) is 0 Å². The third kappa shape index (κ3) is 4.47. The normalized spacial score (nSPS) is 12.4. The Hall–Kier alpha value is -0.890. The summed E-state index contributed by atoms with van der Waals surface area (Å²) in [6, 6.07) is 0.110. The summed E-state index contributed by atoms with van der Waals surface area (Å²) in [4.78, 5) is 0. The second kappa shape index (κ2) is 5.63. The summed E-state index contributed by atoms with van der Waals surface area (Å²) in [5, 5.41) is 6.57. The SMILES string of the molecule is CC(C)n1c(CCOCC(F)(F)F)n[nH]c1=S. The highest BCUT2D eigenvalue weighted by Crippen LogP contribution is 2.15. The Balaban J connectivity index is 2.50. The fourth-order valence-corrected chi connectivity index (χ4v) is 1.76. The zero-order valence-corrected chi connectivity index (χ0v) is 10.4. The van der Waals surface area contributed by atoms with Gasteiger partial charge >= 0.3 is 6.18 Å². The first-order chi connectivity index (χ1) is 7.81. The Morgan fingerprint density at radius 2 is 2.12 bits per heavy atom. The molecule has 0 spiro atoms. The number of alkyl halides is 3. The van der Waals surface area contributed by atoms with Gasteiger partial charge in [-0.25, -0.2) is 0 Å². The molecule has 17 heavy (non-hydrogen) atoms. The van der Waals surface area contributed by atoms with E-state index in [1.807, 2.05) is 13.8 Å². The lowest BCUT2D eigenvalue weighted by Gasteiger charge is -2.11. The Kier molecular flexibility index (Phi) is 4.70. The van der Waals surface area contributed by atoms with Gasteiger partial charge in [-0.05, 0) is 26.1 Å². The molecular formula is C9H14F3N3OS. The number of hydrogen-bond acceptors (Lipinski definition) is 3. The Morgan fingerprint density at radius 1 is 1.47 bits per heavy atom. The van der Waals surface area contributed by atoms with E-state index in [2.05, 4.69) is 14.9 Å². The van der Waals surface area contributed by atoms with E-state index in [4.69, 9.17) is 12.2 Å². The number of nitrogens with zero attached hydrogens (tertiary/aromatic N) is 2. The molecule has 1 N–H and O–H groups in total. The van der Waals surface area contributed by atoms with Gasteiger partial charge in [0, 0.05) is 12.5 Å². The molecule has 0 aliphatic rings. The van der Waals surface area contributed by atoms with Gasteiger partial charge in [-0.1, -0.05) is 0 Å². The molecule has 0 atom stereocenters. The molecule has 0 aromatic carbocycles. The van der Waals surface area contributed by atoms with Gasteiger partial charge < -0.3 is 9.30 Å². The number of halogens is 3. The van der Waals surface area contributed by atoms with Crippen LogP contribution >= 0.6 is 12.2 Å². The molecule has 0 aliphatic carbocycles. The molecule has 0 aliphatic heterocycles. The van der Waals surface area contributed by atoms with Crippen molar-refractivity contribution in [1.82, 2.24) is 14.8 Å². The fraction of sp³-hybridized carbons (Fsp3) is 0.778. The van der Waals surface area contributed by atoms with Crippen LogP contribution in [0.2, 0.25) is 0 Å². The van der Waals surface area contributed by atoms with E-state index in [0.717, 1.165) is 0 Å². The van der Waals surface area contributed by atoms with E-state index in [1.54, 1.807) is 4.57 Å². The molecule has 0 saturated heterocycles. The molecule has 0 bridgehead atoms. The molecule has 4 nitrogen and oxygen atoms in total. The summed E-state index contributed by atoms with van der Waals surface area (Å²) < 4.78 is 42.2. The molecule has 0 radical (unpaired) electrons. The molecule has 8 heteroatoms. The molecule has 0 unspecified atom stereocenters. The third-order valence-electron chi connectivity index (χ3n) is 2.03. The third-order valence-corrected chi connectivity index (χ3v) is 2.32. The van der Waals surface area contributed by atoms with E-state index in [0.29, 0.717) is 17.0 Å². The molecule has 98 valence electrons. The van der Waals surface area contributed by atoms with Gasteiger partial charge in [-0.2, -0.15) is 18.3 Å². The van der Waals surface area contributed by atoms with Crippen LogP contribution in [0.3, 0.4) is 0 Å². The highest BCUT2D eigenvalue weighted by molar-refractivity contribution is 7.71. The van der Waals surface area contributed by atoms with E-state index in [-0.39, 0.29) is 12.6 Å². The number of rotatable bonds is 5. The maximum absolute atomic E-state index is 11.8. The predicted octanol–water partition coefficient (Wildman–Crippen LogP) is 2.64. The van der Waals surface area contributed by atoms with Crippen LogP contribution in [0.15, 0.2) is 0 Å². The minimum atomic E-state index is -4.29. The average molecular weight is 269 g/mol. The molecule has 1 heterocycles. The van der Waals surface area contributed by atoms with Crippen LogP contribution < -0.4 is 0 Å². The maximum Gasteiger partial charge on any atom is 0.411 e. The summed E-state index contributed by atoms with van der Waals surface area (Å²) in [7, 11) is 0. The first kappa shape index (κ1) is 14.2. The molecule has 0 saturated carbocycles. The van der Waals surface area contributed by atoms with Crippen LogP contribution in [-0.4, -0.2) is 34.2 Å². The van der Waals surface area contributed by atoms with Crippen LogP contribution in [0.5, 0.6) is 0 Å². The average Bonchev–Trinajstić information content (AvgIpc) is 2.53. The van der Waals surface area contributed by atoms with Crippen LogP contribution in [0, 0.1) is 4.77 Å². The Labute approximate surface area is 102 Å². The number of aromatic nitrogens is 3.